The highest BCUT2D eigenvalue weighted by Crippen LogP contribution is 2.33. The summed E-state index contributed by atoms with van der Waals surface area (Å²) >= 11 is 0. The highest BCUT2D eigenvalue weighted by atomic mass is 32.2. The summed E-state index contributed by atoms with van der Waals surface area (Å²) in [6.07, 6.45) is -4.05. The first-order valence-electron chi connectivity index (χ1n) is 11.8. The molecular weight excluding hydrogens is 527 g/mol. The van der Waals surface area contributed by atoms with Crippen LogP contribution in [0.4, 0.5) is 13.2 Å². The van der Waals surface area contributed by atoms with Gasteiger partial charge < -0.3 is 20.1 Å². The van der Waals surface area contributed by atoms with E-state index in [1.54, 1.807) is 18.2 Å². The summed E-state index contributed by atoms with van der Waals surface area (Å²) in [7, 11) is -1.19. The van der Waals surface area contributed by atoms with Crippen molar-refractivity contribution in [1.82, 2.24) is 14.9 Å². The van der Waals surface area contributed by atoms with Gasteiger partial charge >= 0.3 is 6.18 Å². The van der Waals surface area contributed by atoms with Crippen LogP contribution in [-0.4, -0.2) is 63.9 Å². The predicted octanol–water partition coefficient (Wildman–Crippen LogP) is 2.74. The number of amides is 2. The number of benzene rings is 2. The van der Waals surface area contributed by atoms with Crippen LogP contribution in [0, 0.1) is 0 Å². The van der Waals surface area contributed by atoms with Gasteiger partial charge in [0.2, 0.25) is 21.8 Å². The number of hydrogen-bond donors (Lipinski definition) is 2. The minimum absolute atomic E-state index is 0.0119. The zero-order valence-electron chi connectivity index (χ0n) is 21.2. The van der Waals surface area contributed by atoms with Crippen molar-refractivity contribution in [3.05, 3.63) is 53.6 Å². The molecule has 2 N–H and O–H groups in total. The Bertz CT molecular complexity index is 1260. The molecule has 0 aliphatic carbocycles. The van der Waals surface area contributed by atoms with Crippen molar-refractivity contribution in [2.45, 2.75) is 49.3 Å². The molecule has 3 rings (SSSR count). The Labute approximate surface area is 219 Å². The van der Waals surface area contributed by atoms with Crippen molar-refractivity contribution >= 4 is 21.8 Å². The lowest BCUT2D eigenvalue weighted by atomic mass is 10.0. The van der Waals surface area contributed by atoms with E-state index in [2.05, 4.69) is 10.6 Å². The lowest BCUT2D eigenvalue weighted by Crippen LogP contribution is -2.53. The summed E-state index contributed by atoms with van der Waals surface area (Å²) in [6, 6.07) is 7.49. The maximum Gasteiger partial charge on any atom is 0.416 e. The summed E-state index contributed by atoms with van der Waals surface area (Å²) in [5.74, 6) is 0.0471. The average molecular weight is 558 g/mol. The number of halogens is 3. The van der Waals surface area contributed by atoms with Crippen LogP contribution in [0.5, 0.6) is 11.5 Å². The van der Waals surface area contributed by atoms with E-state index in [9.17, 15) is 31.2 Å². The number of alkyl halides is 3. The molecule has 9 nitrogen and oxygen atoms in total. The van der Waals surface area contributed by atoms with E-state index < -0.39 is 44.5 Å². The summed E-state index contributed by atoms with van der Waals surface area (Å²) in [5, 5.41) is 5.49. The Morgan fingerprint density at radius 1 is 1.08 bits per heavy atom. The van der Waals surface area contributed by atoms with Gasteiger partial charge in [0.1, 0.15) is 6.04 Å². The minimum Gasteiger partial charge on any atom is -0.493 e. The van der Waals surface area contributed by atoms with Gasteiger partial charge in [0.25, 0.3) is 0 Å². The second-order valence-corrected chi connectivity index (χ2v) is 10.8. The molecule has 1 saturated heterocycles. The number of piperidine rings is 1. The molecule has 0 bridgehead atoms. The topological polar surface area (TPSA) is 114 Å². The third-order valence-electron chi connectivity index (χ3n) is 6.20. The SMILES string of the molecule is COc1cccc(C[C@H](NC(C)=O)C(=O)NC2CCN(S(=O)(=O)c3cccc(C(F)(F)F)c3)CC2)c1OC. The highest BCUT2D eigenvalue weighted by Gasteiger charge is 2.35. The molecule has 0 radical (unpaired) electrons. The van der Waals surface area contributed by atoms with E-state index >= 15 is 0 Å². The standard InChI is InChI=1S/C25H30F3N3O6S/c1-16(32)29-21(14-17-6-4-9-22(36-2)23(17)37-3)24(33)30-19-10-12-31(13-11-19)38(34,35)20-8-5-7-18(15-20)25(26,27)28/h4-9,15,19,21H,10-14H2,1-3H3,(H,29,32)(H,30,33)/t21-/m0/s1. The predicted molar refractivity (Wildman–Crippen MR) is 132 cm³/mol. The largest absolute Gasteiger partial charge is 0.493 e. The number of ether oxygens (including phenoxy) is 2. The molecule has 1 heterocycles. The fourth-order valence-corrected chi connectivity index (χ4v) is 5.83. The van der Waals surface area contributed by atoms with Crippen LogP contribution in [0.1, 0.15) is 30.9 Å². The second kappa shape index (κ2) is 12.0. The number of nitrogens with zero attached hydrogens (tertiary/aromatic N) is 1. The lowest BCUT2D eigenvalue weighted by molar-refractivity contribution is -0.137. The van der Waals surface area contributed by atoms with Gasteiger partial charge in [-0.3, -0.25) is 9.59 Å². The second-order valence-electron chi connectivity index (χ2n) is 8.82. The average Bonchev–Trinajstić information content (AvgIpc) is 2.87. The van der Waals surface area contributed by atoms with Crippen molar-refractivity contribution in [1.29, 1.82) is 0 Å². The third kappa shape index (κ3) is 6.95. The van der Waals surface area contributed by atoms with Crippen LogP contribution in [0.15, 0.2) is 47.4 Å². The van der Waals surface area contributed by atoms with Gasteiger partial charge in [0, 0.05) is 38.0 Å². The van der Waals surface area contributed by atoms with Crippen LogP contribution in [-0.2, 0) is 32.2 Å². The Morgan fingerprint density at radius 2 is 1.74 bits per heavy atom. The van der Waals surface area contributed by atoms with E-state index in [-0.39, 0.29) is 38.4 Å². The van der Waals surface area contributed by atoms with Crippen molar-refractivity contribution in [2.24, 2.45) is 0 Å². The minimum atomic E-state index is -4.66. The molecule has 1 aliphatic rings. The van der Waals surface area contributed by atoms with Gasteiger partial charge in [-0.15, -0.1) is 0 Å². The zero-order valence-corrected chi connectivity index (χ0v) is 22.0. The summed E-state index contributed by atoms with van der Waals surface area (Å²) in [4.78, 5) is 24.5. The highest BCUT2D eigenvalue weighted by molar-refractivity contribution is 7.89. The molecule has 208 valence electrons. The van der Waals surface area contributed by atoms with E-state index in [4.69, 9.17) is 9.47 Å². The monoisotopic (exact) mass is 557 g/mol. The normalized spacial score (nSPS) is 15.9. The van der Waals surface area contributed by atoms with Crippen LogP contribution in [0.3, 0.4) is 0 Å². The van der Waals surface area contributed by atoms with Crippen LogP contribution >= 0.6 is 0 Å². The number of sulfonamides is 1. The molecule has 38 heavy (non-hydrogen) atoms. The van der Waals surface area contributed by atoms with Crippen molar-refractivity contribution < 1.29 is 40.7 Å². The fraction of sp³-hybridized carbons (Fsp3) is 0.440. The van der Waals surface area contributed by atoms with E-state index in [1.807, 2.05) is 0 Å². The molecule has 2 aromatic carbocycles. The molecule has 13 heteroatoms. The van der Waals surface area contributed by atoms with Crippen LogP contribution in [0.2, 0.25) is 0 Å². The van der Waals surface area contributed by atoms with Gasteiger partial charge in [-0.1, -0.05) is 18.2 Å². The van der Waals surface area contributed by atoms with Crippen molar-refractivity contribution in [3.63, 3.8) is 0 Å². The lowest BCUT2D eigenvalue weighted by Gasteiger charge is -2.32. The maximum absolute atomic E-state index is 13.1. The van der Waals surface area contributed by atoms with Gasteiger partial charge in [0.05, 0.1) is 24.7 Å². The molecular formula is C25H30F3N3O6S. The molecule has 1 aliphatic heterocycles. The summed E-state index contributed by atoms with van der Waals surface area (Å²) in [5.41, 5.74) is -0.403. The Morgan fingerprint density at radius 3 is 2.32 bits per heavy atom. The van der Waals surface area contributed by atoms with E-state index in [1.165, 1.54) is 21.1 Å². The maximum atomic E-state index is 13.1. The van der Waals surface area contributed by atoms with Gasteiger partial charge in [-0.05, 0) is 37.1 Å². The molecule has 1 atom stereocenters. The fourth-order valence-electron chi connectivity index (χ4n) is 4.31. The number of carbonyl (C=O) groups excluding carboxylic acids is 2. The molecule has 0 unspecified atom stereocenters. The van der Waals surface area contributed by atoms with Crippen molar-refractivity contribution in [2.75, 3.05) is 27.3 Å². The zero-order chi connectivity index (χ0) is 28.1. The summed E-state index contributed by atoms with van der Waals surface area (Å²) in [6.45, 7) is 1.32. The molecule has 1 fully saturated rings. The first-order chi connectivity index (χ1) is 17.9. The number of rotatable bonds is 9. The molecule has 2 amide bonds. The van der Waals surface area contributed by atoms with Crippen LogP contribution < -0.4 is 20.1 Å². The third-order valence-corrected chi connectivity index (χ3v) is 8.10. The van der Waals surface area contributed by atoms with E-state index in [0.29, 0.717) is 23.1 Å². The Balaban J connectivity index is 1.67. The van der Waals surface area contributed by atoms with Crippen molar-refractivity contribution in [3.8, 4) is 11.5 Å². The number of carbonyl (C=O) groups is 2. The number of nitrogens with one attached hydrogen (secondary N) is 2. The molecule has 2 aromatic rings. The van der Waals surface area contributed by atoms with Gasteiger partial charge in [-0.2, -0.15) is 17.5 Å². The summed E-state index contributed by atoms with van der Waals surface area (Å²) < 4.78 is 76.8. The molecule has 0 spiro atoms. The smallest absolute Gasteiger partial charge is 0.416 e. The number of hydrogen-bond acceptors (Lipinski definition) is 6. The first-order valence-corrected chi connectivity index (χ1v) is 13.3. The van der Waals surface area contributed by atoms with E-state index in [0.717, 1.165) is 22.5 Å². The first kappa shape index (κ1) is 29.2. The number of para-hydroxylation sites is 1. The number of methoxy groups -OCH3 is 2. The van der Waals surface area contributed by atoms with Crippen LogP contribution in [0.25, 0.3) is 0 Å². The Kier molecular flexibility index (Phi) is 9.26. The quantitative estimate of drug-likeness (QED) is 0.490. The van der Waals surface area contributed by atoms with Gasteiger partial charge in [-0.25, -0.2) is 8.42 Å². The molecule has 0 saturated carbocycles. The Hall–Kier alpha value is -3.32. The molecule has 0 aromatic heterocycles. The van der Waals surface area contributed by atoms with Gasteiger partial charge in [0.15, 0.2) is 11.5 Å².